The minimum Gasteiger partial charge on any atom is -0.392 e. The molecule has 0 saturated carbocycles. The summed E-state index contributed by atoms with van der Waals surface area (Å²) >= 11 is 0. The quantitative estimate of drug-likeness (QED) is 0.681. The maximum absolute atomic E-state index is 9.01. The van der Waals surface area contributed by atoms with Crippen LogP contribution in [0.3, 0.4) is 0 Å². The molecule has 0 aliphatic heterocycles. The lowest BCUT2D eigenvalue weighted by Gasteiger charge is -1.97. The molecule has 12 heavy (non-hydrogen) atoms. The zero-order valence-corrected chi connectivity index (χ0v) is 6.86. The molecule has 1 N–H and O–H groups in total. The summed E-state index contributed by atoms with van der Waals surface area (Å²) in [6.45, 7) is 0.0725. The van der Waals surface area contributed by atoms with E-state index >= 15 is 0 Å². The third kappa shape index (κ3) is 0.905. The summed E-state index contributed by atoms with van der Waals surface area (Å²) in [4.78, 5) is 0. The highest BCUT2D eigenvalue weighted by Crippen LogP contribution is 2.17. The lowest BCUT2D eigenvalue weighted by Crippen LogP contribution is -1.89. The van der Waals surface area contributed by atoms with Crippen molar-refractivity contribution >= 4 is 10.9 Å². The fraction of sp³-hybridized carbons (Fsp3) is 0.222. The molecule has 2 aromatic rings. The third-order valence-electron chi connectivity index (χ3n) is 2.05. The summed E-state index contributed by atoms with van der Waals surface area (Å²) in [5.41, 5.74) is 1.99. The second-order valence-corrected chi connectivity index (χ2v) is 2.78. The van der Waals surface area contributed by atoms with E-state index in [0.717, 1.165) is 16.5 Å². The minimum atomic E-state index is 0.0725. The largest absolute Gasteiger partial charge is 0.392 e. The van der Waals surface area contributed by atoms with Gasteiger partial charge in [-0.05, 0) is 11.6 Å². The molecule has 0 bridgehead atoms. The highest BCUT2D eigenvalue weighted by Gasteiger charge is 2.02. The molecule has 3 nitrogen and oxygen atoms in total. The maximum Gasteiger partial charge on any atom is 0.0689 e. The number of fused-ring (bicyclic) bond motifs is 1. The van der Waals surface area contributed by atoms with Gasteiger partial charge in [-0.25, -0.2) is 0 Å². The van der Waals surface area contributed by atoms with Gasteiger partial charge in [0.25, 0.3) is 0 Å². The van der Waals surface area contributed by atoms with Crippen molar-refractivity contribution in [2.75, 3.05) is 0 Å². The SMILES string of the molecule is Cn1ncc2c(CO)cccc21. The number of aliphatic hydroxyl groups excluding tert-OH is 1. The van der Waals surface area contributed by atoms with Crippen LogP contribution in [0.4, 0.5) is 0 Å². The Morgan fingerprint density at radius 1 is 1.50 bits per heavy atom. The maximum atomic E-state index is 9.01. The molecule has 2 rings (SSSR count). The predicted octanol–water partition coefficient (Wildman–Crippen LogP) is 1.07. The molecule has 1 heterocycles. The Morgan fingerprint density at radius 2 is 2.33 bits per heavy atom. The van der Waals surface area contributed by atoms with Crippen molar-refractivity contribution in [2.24, 2.45) is 7.05 Å². The van der Waals surface area contributed by atoms with Crippen LogP contribution in [0, 0.1) is 0 Å². The van der Waals surface area contributed by atoms with Crippen molar-refractivity contribution in [2.45, 2.75) is 6.61 Å². The molecule has 0 atom stereocenters. The number of rotatable bonds is 1. The van der Waals surface area contributed by atoms with Crippen LogP contribution in [0.25, 0.3) is 10.9 Å². The van der Waals surface area contributed by atoms with Gasteiger partial charge in [0.05, 0.1) is 18.3 Å². The van der Waals surface area contributed by atoms with E-state index in [4.69, 9.17) is 5.11 Å². The average Bonchev–Trinajstić information content (AvgIpc) is 2.48. The van der Waals surface area contributed by atoms with Crippen LogP contribution >= 0.6 is 0 Å². The van der Waals surface area contributed by atoms with Gasteiger partial charge >= 0.3 is 0 Å². The van der Waals surface area contributed by atoms with Gasteiger partial charge in [0.2, 0.25) is 0 Å². The Kier molecular flexibility index (Phi) is 1.59. The van der Waals surface area contributed by atoms with E-state index in [1.54, 1.807) is 10.9 Å². The summed E-state index contributed by atoms with van der Waals surface area (Å²) < 4.78 is 1.80. The molecule has 0 radical (unpaired) electrons. The van der Waals surface area contributed by atoms with E-state index in [0.29, 0.717) is 0 Å². The molecule has 3 heteroatoms. The topological polar surface area (TPSA) is 38.0 Å². The molecule has 62 valence electrons. The van der Waals surface area contributed by atoms with Crippen molar-refractivity contribution in [1.29, 1.82) is 0 Å². The first kappa shape index (κ1) is 7.31. The second kappa shape index (κ2) is 2.60. The van der Waals surface area contributed by atoms with Crippen molar-refractivity contribution < 1.29 is 5.11 Å². The Morgan fingerprint density at radius 3 is 3.08 bits per heavy atom. The second-order valence-electron chi connectivity index (χ2n) is 2.78. The van der Waals surface area contributed by atoms with Gasteiger partial charge in [0.1, 0.15) is 0 Å². The van der Waals surface area contributed by atoms with E-state index < -0.39 is 0 Å². The number of hydrogen-bond donors (Lipinski definition) is 1. The van der Waals surface area contributed by atoms with Crippen LogP contribution in [0.2, 0.25) is 0 Å². The summed E-state index contributed by atoms with van der Waals surface area (Å²) in [5, 5.41) is 14.1. The van der Waals surface area contributed by atoms with Crippen LogP contribution in [-0.4, -0.2) is 14.9 Å². The van der Waals surface area contributed by atoms with Crippen LogP contribution in [0.5, 0.6) is 0 Å². The smallest absolute Gasteiger partial charge is 0.0689 e. The van der Waals surface area contributed by atoms with Crippen LogP contribution in [-0.2, 0) is 13.7 Å². The molecule has 0 aliphatic rings. The third-order valence-corrected chi connectivity index (χ3v) is 2.05. The van der Waals surface area contributed by atoms with Crippen LogP contribution in [0.1, 0.15) is 5.56 Å². The van der Waals surface area contributed by atoms with Crippen LogP contribution in [0.15, 0.2) is 24.4 Å². The van der Waals surface area contributed by atoms with E-state index in [2.05, 4.69) is 5.10 Å². The molecule has 0 spiro atoms. The number of hydrogen-bond acceptors (Lipinski definition) is 2. The van der Waals surface area contributed by atoms with Gasteiger partial charge in [0, 0.05) is 12.4 Å². The highest BCUT2D eigenvalue weighted by atomic mass is 16.3. The summed E-state index contributed by atoms with van der Waals surface area (Å²) in [6, 6.07) is 5.82. The molecule has 0 unspecified atom stereocenters. The molecule has 0 fully saturated rings. The number of aryl methyl sites for hydroxylation is 1. The zero-order chi connectivity index (χ0) is 8.55. The fourth-order valence-electron chi connectivity index (χ4n) is 1.38. The molecule has 0 aliphatic carbocycles. The van der Waals surface area contributed by atoms with Crippen molar-refractivity contribution in [3.8, 4) is 0 Å². The number of benzene rings is 1. The molecule has 1 aromatic heterocycles. The van der Waals surface area contributed by atoms with Crippen LogP contribution < -0.4 is 0 Å². The normalized spacial score (nSPS) is 10.8. The monoisotopic (exact) mass is 162 g/mol. The van der Waals surface area contributed by atoms with Crippen molar-refractivity contribution in [1.82, 2.24) is 9.78 Å². The summed E-state index contributed by atoms with van der Waals surface area (Å²) in [6.07, 6.45) is 1.78. The van der Waals surface area contributed by atoms with Gasteiger partial charge < -0.3 is 5.11 Å². The van der Waals surface area contributed by atoms with Gasteiger partial charge in [-0.3, -0.25) is 4.68 Å². The molecule has 0 amide bonds. The van der Waals surface area contributed by atoms with Crippen molar-refractivity contribution in [3.05, 3.63) is 30.0 Å². The first-order valence-corrected chi connectivity index (χ1v) is 3.83. The molecular formula is C9H10N2O. The fourth-order valence-corrected chi connectivity index (χ4v) is 1.38. The van der Waals surface area contributed by atoms with Crippen molar-refractivity contribution in [3.63, 3.8) is 0 Å². The Balaban J connectivity index is 2.81. The highest BCUT2D eigenvalue weighted by molar-refractivity contribution is 5.82. The Bertz CT molecular complexity index is 406. The molecular weight excluding hydrogens is 152 g/mol. The number of nitrogens with zero attached hydrogens (tertiary/aromatic N) is 2. The first-order valence-electron chi connectivity index (χ1n) is 3.83. The Labute approximate surface area is 70.2 Å². The summed E-state index contributed by atoms with van der Waals surface area (Å²) in [5.74, 6) is 0. The van der Waals surface area contributed by atoms with Gasteiger partial charge in [-0.2, -0.15) is 5.10 Å². The Hall–Kier alpha value is -1.35. The van der Waals surface area contributed by atoms with E-state index in [1.807, 2.05) is 25.2 Å². The van der Waals surface area contributed by atoms with E-state index in [-0.39, 0.29) is 6.61 Å². The lowest BCUT2D eigenvalue weighted by molar-refractivity contribution is 0.283. The minimum absolute atomic E-state index is 0.0725. The predicted molar refractivity (Wildman–Crippen MR) is 46.6 cm³/mol. The standard InChI is InChI=1S/C9H10N2O/c1-11-9-4-2-3-7(6-12)8(9)5-10-11/h2-5,12H,6H2,1H3. The van der Waals surface area contributed by atoms with Gasteiger partial charge in [-0.15, -0.1) is 0 Å². The lowest BCUT2D eigenvalue weighted by atomic mass is 10.1. The van der Waals surface area contributed by atoms with E-state index in [9.17, 15) is 0 Å². The summed E-state index contributed by atoms with van der Waals surface area (Å²) in [7, 11) is 1.89. The molecule has 0 saturated heterocycles. The molecule has 1 aromatic carbocycles. The van der Waals surface area contributed by atoms with Gasteiger partial charge in [-0.1, -0.05) is 12.1 Å². The van der Waals surface area contributed by atoms with E-state index in [1.165, 1.54) is 0 Å². The average molecular weight is 162 g/mol. The number of aromatic nitrogens is 2. The zero-order valence-electron chi connectivity index (χ0n) is 6.86. The number of aliphatic hydroxyl groups is 1. The first-order chi connectivity index (χ1) is 5.83. The van der Waals surface area contributed by atoms with Gasteiger partial charge in [0.15, 0.2) is 0 Å².